The van der Waals surface area contributed by atoms with Crippen molar-refractivity contribution in [1.82, 2.24) is 9.38 Å². The third kappa shape index (κ3) is 2.98. The van der Waals surface area contributed by atoms with Crippen LogP contribution in [-0.2, 0) is 6.42 Å². The molecule has 108 valence electrons. The maximum atomic E-state index is 10.6. The number of hydrogen-bond acceptors (Lipinski definition) is 2. The van der Waals surface area contributed by atoms with E-state index in [0.29, 0.717) is 11.6 Å². The van der Waals surface area contributed by atoms with Crippen LogP contribution in [0.15, 0.2) is 54.9 Å². The zero-order valence-corrected chi connectivity index (χ0v) is 12.4. The molecule has 21 heavy (non-hydrogen) atoms. The molecule has 2 aromatic heterocycles. The van der Waals surface area contributed by atoms with E-state index in [-0.39, 0.29) is 0 Å². The molecule has 0 amide bonds. The van der Waals surface area contributed by atoms with E-state index >= 15 is 0 Å². The minimum atomic E-state index is -0.683. The smallest absolute Gasteiger partial charge is 0.137 e. The summed E-state index contributed by atoms with van der Waals surface area (Å²) in [5.41, 5.74) is 3.69. The quantitative estimate of drug-likeness (QED) is 0.792. The van der Waals surface area contributed by atoms with Gasteiger partial charge in [-0.1, -0.05) is 44.2 Å². The van der Waals surface area contributed by atoms with Gasteiger partial charge in [-0.05, 0) is 35.6 Å². The highest BCUT2D eigenvalue weighted by molar-refractivity contribution is 5.41. The molecule has 0 bridgehead atoms. The summed E-state index contributed by atoms with van der Waals surface area (Å²) >= 11 is 0. The van der Waals surface area contributed by atoms with Gasteiger partial charge in [0.2, 0.25) is 0 Å². The van der Waals surface area contributed by atoms with Crippen LogP contribution in [0.25, 0.3) is 5.65 Å². The third-order valence-electron chi connectivity index (χ3n) is 3.57. The van der Waals surface area contributed by atoms with Crippen molar-refractivity contribution in [2.45, 2.75) is 26.4 Å². The minimum Gasteiger partial charge on any atom is -0.382 e. The number of hydrogen-bond donors (Lipinski definition) is 1. The monoisotopic (exact) mass is 280 g/mol. The van der Waals surface area contributed by atoms with E-state index in [9.17, 15) is 5.11 Å². The first-order valence-electron chi connectivity index (χ1n) is 7.34. The topological polar surface area (TPSA) is 37.5 Å². The van der Waals surface area contributed by atoms with E-state index in [4.69, 9.17) is 0 Å². The number of aliphatic hydroxyl groups is 1. The molecule has 0 aliphatic carbocycles. The van der Waals surface area contributed by atoms with Gasteiger partial charge in [-0.25, -0.2) is 4.98 Å². The van der Waals surface area contributed by atoms with Gasteiger partial charge >= 0.3 is 0 Å². The number of fused-ring (bicyclic) bond motifs is 1. The molecule has 0 radical (unpaired) electrons. The third-order valence-corrected chi connectivity index (χ3v) is 3.57. The minimum absolute atomic E-state index is 0.604. The first-order chi connectivity index (χ1) is 10.1. The highest BCUT2D eigenvalue weighted by atomic mass is 16.3. The second-order valence-electron chi connectivity index (χ2n) is 5.88. The Labute approximate surface area is 124 Å². The fourth-order valence-electron chi connectivity index (χ4n) is 2.62. The highest BCUT2D eigenvalue weighted by Crippen LogP contribution is 2.23. The number of imidazole rings is 1. The zero-order chi connectivity index (χ0) is 14.8. The molecule has 1 aromatic carbocycles. The van der Waals surface area contributed by atoms with E-state index in [1.807, 2.05) is 47.1 Å². The van der Waals surface area contributed by atoms with Crippen molar-refractivity contribution in [3.05, 3.63) is 71.7 Å². The number of pyridine rings is 1. The summed E-state index contributed by atoms with van der Waals surface area (Å²) in [5, 5.41) is 10.6. The van der Waals surface area contributed by atoms with Crippen molar-refractivity contribution in [3.8, 4) is 0 Å². The summed E-state index contributed by atoms with van der Waals surface area (Å²) in [6, 6.07) is 14.0. The summed E-state index contributed by atoms with van der Waals surface area (Å²) in [7, 11) is 0. The van der Waals surface area contributed by atoms with Gasteiger partial charge in [-0.15, -0.1) is 0 Å². The predicted molar refractivity (Wildman–Crippen MR) is 84.2 cm³/mol. The van der Waals surface area contributed by atoms with Crippen molar-refractivity contribution in [1.29, 1.82) is 0 Å². The first kappa shape index (κ1) is 13.8. The number of aromatic nitrogens is 2. The average Bonchev–Trinajstić information content (AvgIpc) is 2.90. The lowest BCUT2D eigenvalue weighted by Crippen LogP contribution is -2.02. The molecule has 2 heterocycles. The average molecular weight is 280 g/mol. The Kier molecular flexibility index (Phi) is 3.76. The highest BCUT2D eigenvalue weighted by Gasteiger charge is 2.14. The van der Waals surface area contributed by atoms with E-state index < -0.39 is 6.10 Å². The Morgan fingerprint density at radius 2 is 2.00 bits per heavy atom. The normalized spacial score (nSPS) is 13.0. The fourth-order valence-corrected chi connectivity index (χ4v) is 2.62. The molecule has 3 aromatic rings. The van der Waals surface area contributed by atoms with Gasteiger partial charge in [-0.2, -0.15) is 0 Å². The van der Waals surface area contributed by atoms with Gasteiger partial charge in [0, 0.05) is 12.4 Å². The van der Waals surface area contributed by atoms with Crippen LogP contribution in [0.3, 0.4) is 0 Å². The second-order valence-corrected chi connectivity index (χ2v) is 5.88. The summed E-state index contributed by atoms with van der Waals surface area (Å²) in [6.45, 7) is 4.40. The van der Waals surface area contributed by atoms with Crippen LogP contribution in [-0.4, -0.2) is 14.5 Å². The molecule has 0 aliphatic heterocycles. The number of rotatable bonds is 4. The van der Waals surface area contributed by atoms with Crippen LogP contribution in [0.2, 0.25) is 0 Å². The van der Waals surface area contributed by atoms with Gasteiger partial charge < -0.3 is 9.51 Å². The molecule has 1 N–H and O–H groups in total. The number of benzene rings is 1. The molecular weight excluding hydrogens is 260 g/mol. The van der Waals surface area contributed by atoms with Crippen molar-refractivity contribution in [3.63, 3.8) is 0 Å². The maximum Gasteiger partial charge on any atom is 0.137 e. The summed E-state index contributed by atoms with van der Waals surface area (Å²) < 4.78 is 1.93. The molecule has 3 nitrogen and oxygen atoms in total. The summed E-state index contributed by atoms with van der Waals surface area (Å²) in [6.07, 6.45) is 4.16. The van der Waals surface area contributed by atoms with Crippen molar-refractivity contribution >= 4 is 5.65 Å². The molecule has 0 saturated heterocycles. The van der Waals surface area contributed by atoms with Gasteiger partial charge in [0.05, 0.1) is 5.69 Å². The number of nitrogens with zero attached hydrogens (tertiary/aromatic N) is 2. The lowest BCUT2D eigenvalue weighted by molar-refractivity contribution is 0.216. The molecule has 0 aliphatic rings. The zero-order valence-electron chi connectivity index (χ0n) is 12.4. The van der Waals surface area contributed by atoms with Crippen LogP contribution < -0.4 is 0 Å². The lowest BCUT2D eigenvalue weighted by atomic mass is 9.98. The molecule has 3 heteroatoms. The molecular formula is C18H20N2O. The molecule has 1 unspecified atom stereocenters. The van der Waals surface area contributed by atoms with Crippen LogP contribution in [0.5, 0.6) is 0 Å². The SMILES string of the molecule is CC(C)Cc1cccc(C(O)c2cn3ccccc3n2)c1. The molecule has 0 spiro atoms. The predicted octanol–water partition coefficient (Wildman–Crippen LogP) is 3.61. The van der Waals surface area contributed by atoms with Gasteiger partial charge in [-0.3, -0.25) is 0 Å². The summed E-state index contributed by atoms with van der Waals surface area (Å²) in [5.74, 6) is 0.604. The van der Waals surface area contributed by atoms with Crippen LogP contribution in [0.4, 0.5) is 0 Å². The second kappa shape index (κ2) is 5.70. The van der Waals surface area contributed by atoms with Gasteiger partial charge in [0.1, 0.15) is 11.8 Å². The Balaban J connectivity index is 1.92. The van der Waals surface area contributed by atoms with Crippen LogP contribution in [0.1, 0.15) is 36.8 Å². The number of aliphatic hydroxyl groups excluding tert-OH is 1. The van der Waals surface area contributed by atoms with Crippen LogP contribution >= 0.6 is 0 Å². The van der Waals surface area contributed by atoms with Gasteiger partial charge in [0.15, 0.2) is 0 Å². The Morgan fingerprint density at radius 1 is 1.14 bits per heavy atom. The molecule has 0 saturated carbocycles. The Bertz CT molecular complexity index is 713. The molecule has 0 fully saturated rings. The lowest BCUT2D eigenvalue weighted by Gasteiger charge is -2.11. The summed E-state index contributed by atoms with van der Waals surface area (Å²) in [4.78, 5) is 4.49. The van der Waals surface area contributed by atoms with E-state index in [2.05, 4.69) is 31.0 Å². The van der Waals surface area contributed by atoms with Gasteiger partial charge in [0.25, 0.3) is 0 Å². The van der Waals surface area contributed by atoms with E-state index in [1.54, 1.807) is 0 Å². The van der Waals surface area contributed by atoms with Crippen molar-refractivity contribution in [2.75, 3.05) is 0 Å². The van der Waals surface area contributed by atoms with Crippen molar-refractivity contribution < 1.29 is 5.11 Å². The largest absolute Gasteiger partial charge is 0.382 e. The van der Waals surface area contributed by atoms with Crippen LogP contribution in [0, 0.1) is 5.92 Å². The Hall–Kier alpha value is -2.13. The maximum absolute atomic E-state index is 10.6. The van der Waals surface area contributed by atoms with Crippen molar-refractivity contribution in [2.24, 2.45) is 5.92 Å². The first-order valence-corrected chi connectivity index (χ1v) is 7.34. The van der Waals surface area contributed by atoms with E-state index in [1.165, 1.54) is 5.56 Å². The standard InChI is InChI=1S/C18H20N2O/c1-13(2)10-14-6-5-7-15(11-14)18(21)16-12-20-9-4-3-8-17(20)19-16/h3-9,11-13,18,21H,10H2,1-2H3. The van der Waals surface area contributed by atoms with E-state index in [0.717, 1.165) is 17.6 Å². The fraction of sp³-hybridized carbons (Fsp3) is 0.278. The molecule has 1 atom stereocenters. The Morgan fingerprint density at radius 3 is 2.76 bits per heavy atom. The molecule has 3 rings (SSSR count).